The van der Waals surface area contributed by atoms with Gasteiger partial charge in [-0.15, -0.1) is 0 Å². The minimum absolute atomic E-state index is 0.206. The van der Waals surface area contributed by atoms with E-state index in [1.54, 1.807) is 12.1 Å². The molecule has 0 spiro atoms. The first-order valence-electron chi connectivity index (χ1n) is 7.91. The van der Waals surface area contributed by atoms with Crippen molar-refractivity contribution in [1.82, 2.24) is 10.2 Å². The monoisotopic (exact) mass is 310 g/mol. The molecule has 0 aliphatic carbocycles. The van der Waals surface area contributed by atoms with Gasteiger partial charge in [0, 0.05) is 18.1 Å². The number of benzene rings is 1. The third kappa shape index (κ3) is 3.10. The van der Waals surface area contributed by atoms with Crippen molar-refractivity contribution in [2.75, 3.05) is 14.1 Å². The van der Waals surface area contributed by atoms with Crippen LogP contribution in [0.15, 0.2) is 18.2 Å². The minimum atomic E-state index is -0.313. The molecule has 4 heteroatoms. The lowest BCUT2D eigenvalue weighted by Gasteiger charge is -2.40. The van der Waals surface area contributed by atoms with Gasteiger partial charge >= 0.3 is 0 Å². The maximum absolute atomic E-state index is 13.6. The normalized spacial score (nSPS) is 30.6. The molecule has 2 saturated heterocycles. The second kappa shape index (κ2) is 6.23. The summed E-state index contributed by atoms with van der Waals surface area (Å²) >= 11 is 5.77. The van der Waals surface area contributed by atoms with Crippen LogP contribution < -0.4 is 5.32 Å². The molecule has 0 saturated carbocycles. The SMILES string of the molecule is CNC(Cc1ccc(Cl)c(F)c1)C1CC2CCC(C1)N2C. The molecule has 3 rings (SSSR count). The molecule has 21 heavy (non-hydrogen) atoms. The fourth-order valence-electron chi connectivity index (χ4n) is 4.21. The number of hydrogen-bond acceptors (Lipinski definition) is 2. The third-order valence-corrected chi connectivity index (χ3v) is 5.82. The zero-order valence-electron chi connectivity index (χ0n) is 12.8. The highest BCUT2D eigenvalue weighted by Crippen LogP contribution is 2.39. The summed E-state index contributed by atoms with van der Waals surface area (Å²) in [5.74, 6) is 0.370. The van der Waals surface area contributed by atoms with Crippen molar-refractivity contribution in [3.8, 4) is 0 Å². The van der Waals surface area contributed by atoms with Crippen molar-refractivity contribution >= 4 is 11.6 Å². The number of hydrogen-bond donors (Lipinski definition) is 1. The first-order valence-corrected chi connectivity index (χ1v) is 8.29. The van der Waals surface area contributed by atoms with Gasteiger partial charge in [-0.2, -0.15) is 0 Å². The Kier molecular flexibility index (Phi) is 4.53. The fourth-order valence-corrected chi connectivity index (χ4v) is 4.32. The average Bonchev–Trinajstić information content (AvgIpc) is 2.70. The summed E-state index contributed by atoms with van der Waals surface area (Å²) in [5, 5.41) is 3.67. The van der Waals surface area contributed by atoms with Gasteiger partial charge in [0.2, 0.25) is 0 Å². The number of piperidine rings is 1. The van der Waals surface area contributed by atoms with Gasteiger partial charge in [0.15, 0.2) is 0 Å². The van der Waals surface area contributed by atoms with Gasteiger partial charge in [0.1, 0.15) is 5.82 Å². The predicted molar refractivity (Wildman–Crippen MR) is 85.3 cm³/mol. The first kappa shape index (κ1) is 15.3. The molecule has 0 radical (unpaired) electrons. The second-order valence-corrected chi connectivity index (χ2v) is 7.04. The van der Waals surface area contributed by atoms with Crippen LogP contribution in [0.4, 0.5) is 4.39 Å². The van der Waals surface area contributed by atoms with Crippen LogP contribution in [0.3, 0.4) is 0 Å². The summed E-state index contributed by atoms with van der Waals surface area (Å²) < 4.78 is 13.6. The molecule has 0 amide bonds. The topological polar surface area (TPSA) is 15.3 Å². The van der Waals surface area contributed by atoms with Crippen LogP contribution in [0.25, 0.3) is 0 Å². The standard InChI is InChI=1S/C17H24ClFN2/c1-20-17(8-11-3-6-15(18)16(19)7-11)12-9-13-4-5-14(10-12)21(13)2/h3,6-7,12-14,17,20H,4-5,8-10H2,1-2H3. The molecular formula is C17H24ClFN2. The fraction of sp³-hybridized carbons (Fsp3) is 0.647. The zero-order valence-corrected chi connectivity index (χ0v) is 13.5. The summed E-state index contributed by atoms with van der Waals surface area (Å²) in [7, 11) is 4.29. The summed E-state index contributed by atoms with van der Waals surface area (Å²) in [5.41, 5.74) is 1.03. The molecule has 0 aromatic heterocycles. The van der Waals surface area contributed by atoms with Crippen molar-refractivity contribution in [3.05, 3.63) is 34.6 Å². The summed E-state index contributed by atoms with van der Waals surface area (Å²) in [6.45, 7) is 0. The van der Waals surface area contributed by atoms with Gasteiger partial charge in [-0.05, 0) is 69.8 Å². The number of nitrogens with zero attached hydrogens (tertiary/aromatic N) is 1. The van der Waals surface area contributed by atoms with Crippen molar-refractivity contribution < 1.29 is 4.39 Å². The smallest absolute Gasteiger partial charge is 0.142 e. The van der Waals surface area contributed by atoms with E-state index < -0.39 is 0 Å². The van der Waals surface area contributed by atoms with Gasteiger partial charge in [-0.1, -0.05) is 17.7 Å². The molecule has 116 valence electrons. The van der Waals surface area contributed by atoms with Crippen molar-refractivity contribution in [1.29, 1.82) is 0 Å². The predicted octanol–water partition coefficient (Wildman–Crippen LogP) is 3.48. The Morgan fingerprint density at radius 1 is 1.33 bits per heavy atom. The Morgan fingerprint density at radius 2 is 2.00 bits per heavy atom. The number of nitrogens with one attached hydrogen (secondary N) is 1. The molecule has 2 heterocycles. The molecule has 2 nitrogen and oxygen atoms in total. The number of halogens is 2. The molecule has 1 aromatic rings. The van der Waals surface area contributed by atoms with Crippen LogP contribution in [0.5, 0.6) is 0 Å². The molecule has 1 N–H and O–H groups in total. The lowest BCUT2D eigenvalue weighted by atomic mass is 9.82. The van der Waals surface area contributed by atoms with Gasteiger partial charge in [0.25, 0.3) is 0 Å². The molecule has 2 aliphatic rings. The van der Waals surface area contributed by atoms with Crippen LogP contribution >= 0.6 is 11.6 Å². The van der Waals surface area contributed by atoms with Gasteiger partial charge in [-0.25, -0.2) is 4.39 Å². The molecule has 2 fully saturated rings. The highest BCUT2D eigenvalue weighted by atomic mass is 35.5. The van der Waals surface area contributed by atoms with E-state index in [1.807, 2.05) is 13.1 Å². The Bertz CT molecular complexity index is 494. The Morgan fingerprint density at radius 3 is 2.57 bits per heavy atom. The van der Waals surface area contributed by atoms with Gasteiger partial charge < -0.3 is 10.2 Å². The molecule has 1 aromatic carbocycles. The molecule has 2 aliphatic heterocycles. The van der Waals surface area contributed by atoms with E-state index in [1.165, 1.54) is 25.7 Å². The maximum Gasteiger partial charge on any atom is 0.142 e. The average molecular weight is 311 g/mol. The second-order valence-electron chi connectivity index (χ2n) is 6.63. The van der Waals surface area contributed by atoms with Gasteiger partial charge in [-0.3, -0.25) is 0 Å². The minimum Gasteiger partial charge on any atom is -0.316 e. The number of likely N-dealkylation sites (N-methyl/N-ethyl adjacent to an activating group) is 1. The van der Waals surface area contributed by atoms with Crippen LogP contribution in [-0.2, 0) is 6.42 Å². The van der Waals surface area contributed by atoms with E-state index in [0.29, 0.717) is 12.0 Å². The number of rotatable bonds is 4. The van der Waals surface area contributed by atoms with E-state index >= 15 is 0 Å². The van der Waals surface area contributed by atoms with Crippen LogP contribution in [0.2, 0.25) is 5.02 Å². The van der Waals surface area contributed by atoms with E-state index in [-0.39, 0.29) is 10.8 Å². The summed E-state index contributed by atoms with van der Waals surface area (Å²) in [4.78, 5) is 2.56. The highest BCUT2D eigenvalue weighted by molar-refractivity contribution is 6.30. The third-order valence-electron chi connectivity index (χ3n) is 5.51. The quantitative estimate of drug-likeness (QED) is 0.916. The molecule has 2 bridgehead atoms. The van der Waals surface area contributed by atoms with E-state index in [4.69, 9.17) is 11.6 Å². The van der Waals surface area contributed by atoms with Gasteiger partial charge in [0.05, 0.1) is 5.02 Å². The lowest BCUT2D eigenvalue weighted by Crippen LogP contribution is -2.47. The van der Waals surface area contributed by atoms with Crippen LogP contribution in [0.1, 0.15) is 31.2 Å². The van der Waals surface area contributed by atoms with Crippen molar-refractivity contribution in [2.45, 2.75) is 50.2 Å². The summed E-state index contributed by atoms with van der Waals surface area (Å²) in [6.07, 6.45) is 6.06. The highest BCUT2D eigenvalue weighted by Gasteiger charge is 2.40. The first-order chi connectivity index (χ1) is 10.1. The van der Waals surface area contributed by atoms with E-state index in [0.717, 1.165) is 24.1 Å². The Hall–Kier alpha value is -0.640. The zero-order chi connectivity index (χ0) is 15.0. The van der Waals surface area contributed by atoms with Crippen molar-refractivity contribution in [2.24, 2.45) is 5.92 Å². The number of fused-ring (bicyclic) bond motifs is 2. The van der Waals surface area contributed by atoms with Crippen molar-refractivity contribution in [3.63, 3.8) is 0 Å². The molecule has 3 unspecified atom stereocenters. The van der Waals surface area contributed by atoms with E-state index in [2.05, 4.69) is 17.3 Å². The van der Waals surface area contributed by atoms with Crippen LogP contribution in [0, 0.1) is 11.7 Å². The Labute approximate surface area is 131 Å². The molecular weight excluding hydrogens is 287 g/mol. The maximum atomic E-state index is 13.6. The van der Waals surface area contributed by atoms with Crippen LogP contribution in [-0.4, -0.2) is 37.1 Å². The summed E-state index contributed by atoms with van der Waals surface area (Å²) in [6, 6.07) is 7.09. The van der Waals surface area contributed by atoms with E-state index in [9.17, 15) is 4.39 Å². The largest absolute Gasteiger partial charge is 0.316 e. The lowest BCUT2D eigenvalue weighted by molar-refractivity contribution is 0.114. The molecule has 3 atom stereocenters. The Balaban J connectivity index is 1.69.